The van der Waals surface area contributed by atoms with E-state index in [9.17, 15) is 61.3 Å². The van der Waals surface area contributed by atoms with Crippen molar-refractivity contribution in [2.75, 3.05) is 284 Å². The number of hydrogen-bond acceptors (Lipinski definition) is 37. The Morgan fingerprint density at radius 2 is 0.274 bits per heavy atom. The average molecular weight is 1550 g/mol. The molecular weight excluding hydrogens is 1430 g/mol. The fourth-order valence-corrected chi connectivity index (χ4v) is 11.5. The molecule has 0 aliphatic rings. The van der Waals surface area contributed by atoms with Gasteiger partial charge in [0.25, 0.3) is 0 Å². The van der Waals surface area contributed by atoms with Crippen molar-refractivity contribution in [2.24, 2.45) is 0 Å². The van der Waals surface area contributed by atoms with Crippen molar-refractivity contribution >= 4 is 36.6 Å². The number of amides is 6. The first kappa shape index (κ1) is 101. The van der Waals surface area contributed by atoms with Gasteiger partial charge in [0, 0.05) is 85.3 Å². The maximum atomic E-state index is 15.1. The van der Waals surface area contributed by atoms with Gasteiger partial charge in [-0.25, -0.2) is 28.8 Å². The summed E-state index contributed by atoms with van der Waals surface area (Å²) in [5.41, 5.74) is 0. The minimum atomic E-state index is -2.00. The zero-order chi connectivity index (χ0) is 80.1. The Balaban J connectivity index is 10.6. The molecule has 0 aliphatic heterocycles. The second-order valence-electron chi connectivity index (χ2n) is 23.8. The van der Waals surface area contributed by atoms with E-state index in [0.717, 1.165) is 34.3 Å². The molecule has 0 radical (unpaired) electrons. The molecule has 43 heteroatoms. The molecule has 0 aliphatic carbocycles. The first-order chi connectivity index (χ1) is 51.1. The number of aliphatic hydroxyl groups is 12. The molecule has 0 aromatic carbocycles. The van der Waals surface area contributed by atoms with E-state index in [4.69, 9.17) is 85.3 Å². The Hall–Kier alpha value is -5.38. The summed E-state index contributed by atoms with van der Waals surface area (Å²) in [6.45, 7) is -22.0. The fraction of sp³-hybridized carbons (Fsp3) is 0.905. The number of ether oxygens (including phenoxy) is 18. The predicted octanol–water partition coefficient (Wildman–Crippen LogP) is -6.89. The van der Waals surface area contributed by atoms with Gasteiger partial charge in [-0.05, 0) is 0 Å². The molecule has 12 N–H and O–H groups in total. The fourth-order valence-electron chi connectivity index (χ4n) is 11.5. The Kier molecular flexibility index (Phi) is 57.4. The van der Waals surface area contributed by atoms with Crippen LogP contribution in [0, 0.1) is 0 Å². The topological polar surface area (TPSA) is 534 Å². The van der Waals surface area contributed by atoms with Crippen molar-refractivity contribution in [1.82, 2.24) is 34.3 Å². The summed E-state index contributed by atoms with van der Waals surface area (Å²) in [5, 5.41) is 130. The van der Waals surface area contributed by atoms with Gasteiger partial charge in [-0.1, -0.05) is 0 Å². The molecule has 6 amide bonds. The average Bonchev–Trinajstić information content (AvgIpc) is 0.810. The minimum Gasteiger partial charge on any atom is -0.448 e. The van der Waals surface area contributed by atoms with E-state index in [1.165, 1.54) is 85.3 Å². The second kappa shape index (κ2) is 60.4. The van der Waals surface area contributed by atoms with Crippen LogP contribution in [0.15, 0.2) is 0 Å². The normalized spacial score (nSPS) is 15.9. The van der Waals surface area contributed by atoms with E-state index < -0.39 is 325 Å². The number of aliphatic hydroxyl groups excluding tert-OH is 12. The molecule has 0 rings (SSSR count). The number of nitrogens with zero attached hydrogens (tertiary/aromatic N) is 7. The number of rotatable bonds is 63. The lowest BCUT2D eigenvalue weighted by atomic mass is 10.1. The molecule has 12 unspecified atom stereocenters. The van der Waals surface area contributed by atoms with Crippen LogP contribution in [0.2, 0.25) is 0 Å². The van der Waals surface area contributed by atoms with Crippen molar-refractivity contribution in [3.8, 4) is 0 Å². The molecule has 0 fully saturated rings. The van der Waals surface area contributed by atoms with E-state index >= 15 is 28.8 Å². The van der Waals surface area contributed by atoms with E-state index in [2.05, 4.69) is 0 Å². The summed E-state index contributed by atoms with van der Waals surface area (Å²) >= 11 is 0. The highest BCUT2D eigenvalue weighted by Crippen LogP contribution is 2.24. The van der Waals surface area contributed by atoms with Crippen LogP contribution in [-0.2, 0) is 85.3 Å². The summed E-state index contributed by atoms with van der Waals surface area (Å²) in [6.07, 6.45) is -8.26. The maximum Gasteiger partial charge on any atom is 0.410 e. The summed E-state index contributed by atoms with van der Waals surface area (Å²) < 4.78 is 101. The van der Waals surface area contributed by atoms with Gasteiger partial charge in [-0.3, -0.25) is 34.3 Å². The number of methoxy groups -OCH3 is 12. The lowest BCUT2D eigenvalue weighted by molar-refractivity contribution is -0.0875. The van der Waals surface area contributed by atoms with Crippen molar-refractivity contribution < 1.29 is 175 Å². The molecule has 0 saturated heterocycles. The third kappa shape index (κ3) is 33.1. The van der Waals surface area contributed by atoms with Crippen molar-refractivity contribution in [3.05, 3.63) is 0 Å². The summed E-state index contributed by atoms with van der Waals surface area (Å²) in [6, 6.07) is -22.0. The smallest absolute Gasteiger partial charge is 0.410 e. The number of carbonyl (C=O) groups is 6. The van der Waals surface area contributed by atoms with Crippen molar-refractivity contribution in [2.45, 2.75) is 90.6 Å². The first-order valence-corrected chi connectivity index (χ1v) is 33.8. The zero-order valence-corrected chi connectivity index (χ0v) is 63.2. The molecule has 626 valence electrons. The van der Waals surface area contributed by atoms with Crippen molar-refractivity contribution in [1.29, 1.82) is 0 Å². The number of hydrogen-bond donors (Lipinski definition) is 12. The Labute approximate surface area is 618 Å². The standard InChI is InChI=1S/C63H123N7O36/c1-89-25-43(13-71)65(44(14-72)26-90-2)58(83)101-37-55(38-102-59(84)66(45(15-73)27-91-3)46(16-74)28-92-4)64(56(39-103-60(85)67(47(17-75)29-93-5)48(18-76)30-94-6)40-104-61(86)68(49(19-77)31-95-7)50(20-78)32-96-8)57(41-105-62(87)69(51(21-79)33-97-9)52(22-80)34-98-10)42-106-63(88)70(53(23-81)35-99-11)54(24-82)36-100-12/h43-57,71-82H,13-42H2,1-12H3. The van der Waals surface area contributed by atoms with Crippen molar-refractivity contribution in [3.63, 3.8) is 0 Å². The van der Waals surface area contributed by atoms with Gasteiger partial charge in [0.05, 0.1) is 249 Å². The molecule has 0 bridgehead atoms. The van der Waals surface area contributed by atoms with E-state index in [1.54, 1.807) is 0 Å². The van der Waals surface area contributed by atoms with Gasteiger partial charge < -0.3 is 147 Å². The van der Waals surface area contributed by atoms with Crippen LogP contribution in [0.1, 0.15) is 0 Å². The third-order valence-corrected chi connectivity index (χ3v) is 16.5. The molecule has 12 atom stereocenters. The highest BCUT2D eigenvalue weighted by molar-refractivity contribution is 5.71. The highest BCUT2D eigenvalue weighted by Gasteiger charge is 2.45. The first-order valence-electron chi connectivity index (χ1n) is 33.8. The zero-order valence-electron chi connectivity index (χ0n) is 63.2. The van der Waals surface area contributed by atoms with E-state index in [1.807, 2.05) is 0 Å². The monoisotopic (exact) mass is 1550 g/mol. The summed E-state index contributed by atoms with van der Waals surface area (Å²) in [7, 11) is 14.8. The Morgan fingerprint density at radius 3 is 0.349 bits per heavy atom. The largest absolute Gasteiger partial charge is 0.448 e. The third-order valence-electron chi connectivity index (χ3n) is 16.5. The Morgan fingerprint density at radius 1 is 0.179 bits per heavy atom. The summed E-state index contributed by atoms with van der Waals surface area (Å²) in [4.78, 5) is 97.0. The summed E-state index contributed by atoms with van der Waals surface area (Å²) in [5.74, 6) is 0. The van der Waals surface area contributed by atoms with Gasteiger partial charge in [0.15, 0.2) is 0 Å². The Bertz CT molecular complexity index is 1810. The van der Waals surface area contributed by atoms with Gasteiger partial charge in [0.2, 0.25) is 0 Å². The van der Waals surface area contributed by atoms with Crippen LogP contribution >= 0.6 is 0 Å². The van der Waals surface area contributed by atoms with Gasteiger partial charge >= 0.3 is 36.6 Å². The molecule has 0 aromatic rings. The van der Waals surface area contributed by atoms with Crippen LogP contribution in [-0.4, -0.2) is 506 Å². The molecule has 0 saturated carbocycles. The van der Waals surface area contributed by atoms with E-state index in [-0.39, 0.29) is 0 Å². The number of carbonyl (C=O) groups excluding carboxylic acids is 6. The van der Waals surface area contributed by atoms with E-state index in [0.29, 0.717) is 0 Å². The van der Waals surface area contributed by atoms with Crippen LogP contribution in [0.4, 0.5) is 28.8 Å². The maximum absolute atomic E-state index is 15.1. The SMILES string of the molecule is COCC(CO)N(C(=O)OCC(COC(=O)N(C(CO)COC)C(CO)COC)N(C(COC(=O)N(C(CO)COC)C(CO)COC)COC(=O)N(C(CO)COC)C(CO)COC)C(COC(=O)N(C(CO)COC)C(CO)COC)COC(=O)N(C(CO)COC)C(CO)COC)C(CO)COC. The lowest BCUT2D eigenvalue weighted by Crippen LogP contribution is -2.62. The predicted molar refractivity (Wildman–Crippen MR) is 365 cm³/mol. The quantitative estimate of drug-likeness (QED) is 0.0252. The molecular formula is C63H123N7O36. The van der Waals surface area contributed by atoms with Crippen LogP contribution in [0.5, 0.6) is 0 Å². The van der Waals surface area contributed by atoms with Gasteiger partial charge in [-0.15, -0.1) is 0 Å². The van der Waals surface area contributed by atoms with Crippen LogP contribution in [0.3, 0.4) is 0 Å². The minimum absolute atomic E-state index is 0.409. The van der Waals surface area contributed by atoms with Crippen LogP contribution in [0.25, 0.3) is 0 Å². The molecule has 0 heterocycles. The molecule has 0 spiro atoms. The second-order valence-corrected chi connectivity index (χ2v) is 23.8. The lowest BCUT2D eigenvalue weighted by Gasteiger charge is -2.44. The molecule has 43 nitrogen and oxygen atoms in total. The molecule has 106 heavy (non-hydrogen) atoms. The highest BCUT2D eigenvalue weighted by atomic mass is 16.6. The molecule has 0 aromatic heterocycles. The van der Waals surface area contributed by atoms with Crippen LogP contribution < -0.4 is 0 Å². The van der Waals surface area contributed by atoms with Gasteiger partial charge in [-0.2, -0.15) is 0 Å². The van der Waals surface area contributed by atoms with Gasteiger partial charge in [0.1, 0.15) is 39.6 Å².